The fraction of sp³-hybridized carbons (Fsp3) is 0.333. The Kier molecular flexibility index (Phi) is 10.9. The Morgan fingerprint density at radius 3 is 2.45 bits per heavy atom. The molecule has 0 fully saturated rings. The molecule has 0 spiro atoms. The minimum absolute atomic E-state index is 0. The minimum atomic E-state index is -1.02. The van der Waals surface area contributed by atoms with E-state index >= 15 is 0 Å². The molecule has 0 heterocycles. The quantitative estimate of drug-likeness (QED) is 0.192. The molecule has 0 saturated carbocycles. The summed E-state index contributed by atoms with van der Waals surface area (Å²) in [6.07, 6.45) is 2.25. The predicted octanol–water partition coefficient (Wildman–Crippen LogP) is -0.592. The molecule has 0 N–H and O–H groups in total. The number of aliphatic imine (C=N–C) groups is 1. The van der Waals surface area contributed by atoms with Crippen molar-refractivity contribution >= 4 is 85.8 Å². The van der Waals surface area contributed by atoms with Crippen LogP contribution >= 0.6 is 67.8 Å². The van der Waals surface area contributed by atoms with Gasteiger partial charge < -0.3 is 14.8 Å². The van der Waals surface area contributed by atoms with Crippen LogP contribution in [0.15, 0.2) is 11.1 Å². The van der Waals surface area contributed by atoms with Crippen LogP contribution in [0.4, 0.5) is 5.69 Å². The summed E-state index contributed by atoms with van der Waals surface area (Å²) >= 11 is 6.71. The second kappa shape index (κ2) is 10.2. The number of hydrogen-bond donors (Lipinski definition) is 0. The van der Waals surface area contributed by atoms with Crippen molar-refractivity contribution in [1.82, 2.24) is 4.90 Å². The van der Waals surface area contributed by atoms with Crippen LogP contribution < -0.4 is 34.7 Å². The Bertz CT molecular complexity index is 522. The van der Waals surface area contributed by atoms with Crippen molar-refractivity contribution in [3.8, 4) is 0 Å². The number of carboxylic acid groups (broad SMARTS) is 1. The third kappa shape index (κ3) is 6.63. The number of carbonyl (C=O) groups excluding carboxylic acids is 1. The molecule has 1 aromatic rings. The SMILES string of the molecule is CN(C)C=Nc1c(I)cc(I)c(CCC(=O)[O-])c1I.[Na+]. The molecule has 0 aromatic heterocycles. The van der Waals surface area contributed by atoms with Gasteiger partial charge in [-0.2, -0.15) is 0 Å². The van der Waals surface area contributed by atoms with E-state index < -0.39 is 5.97 Å². The summed E-state index contributed by atoms with van der Waals surface area (Å²) in [4.78, 5) is 16.9. The smallest absolute Gasteiger partial charge is 0.550 e. The largest absolute Gasteiger partial charge is 1.00 e. The summed E-state index contributed by atoms with van der Waals surface area (Å²) in [5.41, 5.74) is 1.92. The first kappa shape index (κ1) is 21.4. The van der Waals surface area contributed by atoms with E-state index in [1.54, 1.807) is 6.34 Å². The maximum absolute atomic E-state index is 10.6. The predicted molar refractivity (Wildman–Crippen MR) is 99.8 cm³/mol. The number of hydrogen-bond acceptors (Lipinski definition) is 3. The van der Waals surface area contributed by atoms with Crippen LogP contribution in [0.1, 0.15) is 12.0 Å². The molecule has 0 saturated heterocycles. The van der Waals surface area contributed by atoms with Crippen molar-refractivity contribution in [1.29, 1.82) is 0 Å². The van der Waals surface area contributed by atoms with Gasteiger partial charge in [-0.15, -0.1) is 0 Å². The first-order valence-electron chi connectivity index (χ1n) is 5.39. The van der Waals surface area contributed by atoms with E-state index in [9.17, 15) is 9.90 Å². The van der Waals surface area contributed by atoms with Crippen molar-refractivity contribution < 1.29 is 39.5 Å². The van der Waals surface area contributed by atoms with E-state index in [4.69, 9.17) is 0 Å². The van der Waals surface area contributed by atoms with Crippen LogP contribution in [0.2, 0.25) is 0 Å². The van der Waals surface area contributed by atoms with Gasteiger partial charge in [-0.05, 0) is 92.2 Å². The maximum Gasteiger partial charge on any atom is 1.00 e. The molecular weight excluding hydrogens is 608 g/mol. The van der Waals surface area contributed by atoms with Gasteiger partial charge in [0.25, 0.3) is 0 Å². The van der Waals surface area contributed by atoms with Crippen LogP contribution in [0.3, 0.4) is 0 Å². The first-order chi connectivity index (χ1) is 8.82. The molecule has 20 heavy (non-hydrogen) atoms. The van der Waals surface area contributed by atoms with Gasteiger partial charge in [-0.3, -0.25) is 0 Å². The molecule has 4 nitrogen and oxygen atoms in total. The number of aliphatic carboxylic acids is 1. The molecule has 0 radical (unpaired) electrons. The number of carboxylic acids is 1. The molecule has 0 amide bonds. The van der Waals surface area contributed by atoms with Gasteiger partial charge in [-0.25, -0.2) is 4.99 Å². The van der Waals surface area contributed by atoms with Crippen LogP contribution in [-0.2, 0) is 11.2 Å². The van der Waals surface area contributed by atoms with Crippen LogP contribution in [0.25, 0.3) is 0 Å². The molecule has 104 valence electrons. The van der Waals surface area contributed by atoms with E-state index in [1.807, 2.05) is 25.1 Å². The summed E-state index contributed by atoms with van der Waals surface area (Å²) in [7, 11) is 3.82. The van der Waals surface area contributed by atoms with Gasteiger partial charge in [0, 0.05) is 30.8 Å². The van der Waals surface area contributed by atoms with Gasteiger partial charge >= 0.3 is 29.6 Å². The van der Waals surface area contributed by atoms with Gasteiger partial charge in [0.1, 0.15) is 0 Å². The van der Waals surface area contributed by atoms with Crippen molar-refractivity contribution in [2.24, 2.45) is 4.99 Å². The zero-order valence-corrected chi connectivity index (χ0v) is 19.9. The third-order valence-corrected chi connectivity index (χ3v) is 5.18. The normalized spacial score (nSPS) is 10.4. The third-order valence-electron chi connectivity index (χ3n) is 2.24. The molecule has 0 unspecified atom stereocenters. The van der Waals surface area contributed by atoms with Gasteiger partial charge in [0.05, 0.1) is 12.0 Å². The van der Waals surface area contributed by atoms with E-state index in [1.165, 1.54) is 0 Å². The minimum Gasteiger partial charge on any atom is -0.550 e. The zero-order valence-electron chi connectivity index (χ0n) is 11.4. The van der Waals surface area contributed by atoms with Crippen molar-refractivity contribution in [3.05, 3.63) is 22.3 Å². The van der Waals surface area contributed by atoms with E-state index in [-0.39, 0.29) is 36.0 Å². The van der Waals surface area contributed by atoms with Crippen LogP contribution in [0, 0.1) is 10.7 Å². The van der Waals surface area contributed by atoms with E-state index in [0.717, 1.165) is 22.0 Å². The maximum atomic E-state index is 10.6. The summed E-state index contributed by atoms with van der Waals surface area (Å²) in [6, 6.07) is 2.02. The van der Waals surface area contributed by atoms with E-state index in [0.29, 0.717) is 6.42 Å². The molecule has 0 aliphatic heterocycles. The summed E-state index contributed by atoms with van der Waals surface area (Å²) in [5, 5.41) is 10.6. The van der Waals surface area contributed by atoms with E-state index in [2.05, 4.69) is 72.8 Å². The topological polar surface area (TPSA) is 55.7 Å². The number of halogens is 3. The standard InChI is InChI=1S/C12H13I3N2O2.Na/c1-17(2)6-16-12-9(14)5-8(13)7(11(12)15)3-4-10(18)19;/h5-6H,3-4H2,1-2H3,(H,18,19);/q;+1/p-1. The van der Waals surface area contributed by atoms with Gasteiger partial charge in [-0.1, -0.05) is 0 Å². The molecule has 0 atom stereocenters. The number of rotatable bonds is 5. The second-order valence-electron chi connectivity index (χ2n) is 4.06. The van der Waals surface area contributed by atoms with Crippen molar-refractivity contribution in [2.75, 3.05) is 14.1 Å². The molecule has 0 aliphatic carbocycles. The summed E-state index contributed by atoms with van der Waals surface area (Å²) < 4.78 is 3.13. The molecule has 0 aliphatic rings. The monoisotopic (exact) mass is 620 g/mol. The average Bonchev–Trinajstić information content (AvgIpc) is 2.27. The fourth-order valence-corrected chi connectivity index (χ4v) is 5.56. The van der Waals surface area contributed by atoms with Crippen molar-refractivity contribution in [3.63, 3.8) is 0 Å². The molecule has 1 rings (SSSR count). The summed E-state index contributed by atoms with van der Waals surface area (Å²) in [5.74, 6) is -1.02. The number of benzene rings is 1. The summed E-state index contributed by atoms with van der Waals surface area (Å²) in [6.45, 7) is 0. The molecule has 0 bridgehead atoms. The molecule has 8 heteroatoms. The number of carbonyl (C=O) groups is 1. The Balaban J connectivity index is 0.00000361. The van der Waals surface area contributed by atoms with Crippen molar-refractivity contribution in [2.45, 2.75) is 12.8 Å². The van der Waals surface area contributed by atoms with Gasteiger partial charge in [0.15, 0.2) is 0 Å². The van der Waals surface area contributed by atoms with Crippen LogP contribution in [-0.4, -0.2) is 31.3 Å². The Morgan fingerprint density at radius 2 is 1.95 bits per heavy atom. The second-order valence-corrected chi connectivity index (χ2v) is 7.46. The number of nitrogens with zero attached hydrogens (tertiary/aromatic N) is 2. The zero-order chi connectivity index (χ0) is 14.6. The Labute approximate surface area is 181 Å². The van der Waals surface area contributed by atoms with Crippen LogP contribution in [0.5, 0.6) is 0 Å². The van der Waals surface area contributed by atoms with Gasteiger partial charge in [0.2, 0.25) is 0 Å². The first-order valence-corrected chi connectivity index (χ1v) is 8.63. The molecular formula is C12H12I3N2NaO2. The molecule has 1 aromatic carbocycles. The Morgan fingerprint density at radius 1 is 1.35 bits per heavy atom. The average molecular weight is 620 g/mol. The Hall–Kier alpha value is 1.35. The fourth-order valence-electron chi connectivity index (χ4n) is 1.37.